The third-order valence-electron chi connectivity index (χ3n) is 2.11. The molecule has 0 saturated heterocycles. The Labute approximate surface area is 95.9 Å². The van der Waals surface area contributed by atoms with Crippen LogP contribution in [0, 0.1) is 0 Å². The Morgan fingerprint density at radius 1 is 1.33 bits per heavy atom. The fourth-order valence-corrected chi connectivity index (χ4v) is 1.83. The second-order valence-corrected chi connectivity index (χ2v) is 4.47. The van der Waals surface area contributed by atoms with Gasteiger partial charge in [0.2, 0.25) is 0 Å². The SMILES string of the molecule is CSCCCCCNc1cncc(N)c1. The zero-order chi connectivity index (χ0) is 10.9. The second kappa shape index (κ2) is 7.40. The molecule has 0 spiro atoms. The van der Waals surface area contributed by atoms with E-state index >= 15 is 0 Å². The monoisotopic (exact) mass is 225 g/mol. The van der Waals surface area contributed by atoms with Crippen LogP contribution >= 0.6 is 11.8 Å². The van der Waals surface area contributed by atoms with Gasteiger partial charge in [0.25, 0.3) is 0 Å². The topological polar surface area (TPSA) is 50.9 Å². The molecule has 0 radical (unpaired) electrons. The lowest BCUT2D eigenvalue weighted by Crippen LogP contribution is -2.02. The van der Waals surface area contributed by atoms with E-state index in [4.69, 9.17) is 5.73 Å². The fraction of sp³-hybridized carbons (Fsp3) is 0.545. The molecule has 4 heteroatoms. The number of hydrogen-bond donors (Lipinski definition) is 2. The summed E-state index contributed by atoms with van der Waals surface area (Å²) in [7, 11) is 0. The molecule has 3 N–H and O–H groups in total. The van der Waals surface area contributed by atoms with Crippen molar-refractivity contribution < 1.29 is 0 Å². The maximum Gasteiger partial charge on any atom is 0.0547 e. The van der Waals surface area contributed by atoms with Crippen LogP contribution in [0.1, 0.15) is 19.3 Å². The fourth-order valence-electron chi connectivity index (χ4n) is 1.34. The van der Waals surface area contributed by atoms with E-state index in [9.17, 15) is 0 Å². The minimum absolute atomic E-state index is 0.711. The maximum absolute atomic E-state index is 5.62. The van der Waals surface area contributed by atoms with Crippen LogP contribution in [0.2, 0.25) is 0 Å². The first-order chi connectivity index (χ1) is 7.33. The molecule has 0 aliphatic carbocycles. The second-order valence-electron chi connectivity index (χ2n) is 3.49. The van der Waals surface area contributed by atoms with Gasteiger partial charge < -0.3 is 11.1 Å². The number of hydrogen-bond acceptors (Lipinski definition) is 4. The van der Waals surface area contributed by atoms with Gasteiger partial charge in [0.05, 0.1) is 17.6 Å². The third-order valence-corrected chi connectivity index (χ3v) is 2.81. The van der Waals surface area contributed by atoms with Crippen molar-refractivity contribution >= 4 is 23.1 Å². The van der Waals surface area contributed by atoms with Crippen molar-refractivity contribution in [2.45, 2.75) is 19.3 Å². The lowest BCUT2D eigenvalue weighted by Gasteiger charge is -2.05. The first-order valence-corrected chi connectivity index (χ1v) is 6.65. The van der Waals surface area contributed by atoms with Gasteiger partial charge in [-0.05, 0) is 30.9 Å². The predicted molar refractivity (Wildman–Crippen MR) is 69.4 cm³/mol. The lowest BCUT2D eigenvalue weighted by atomic mass is 10.2. The van der Waals surface area contributed by atoms with Crippen molar-refractivity contribution in [3.63, 3.8) is 0 Å². The van der Waals surface area contributed by atoms with Crippen molar-refractivity contribution in [2.75, 3.05) is 29.6 Å². The molecule has 1 aromatic rings. The largest absolute Gasteiger partial charge is 0.397 e. The van der Waals surface area contributed by atoms with Crippen molar-refractivity contribution in [3.8, 4) is 0 Å². The van der Waals surface area contributed by atoms with Crippen LogP contribution in [0.4, 0.5) is 11.4 Å². The number of rotatable bonds is 7. The molecule has 84 valence electrons. The first-order valence-electron chi connectivity index (χ1n) is 5.26. The highest BCUT2D eigenvalue weighted by atomic mass is 32.2. The van der Waals surface area contributed by atoms with Crippen molar-refractivity contribution in [1.29, 1.82) is 0 Å². The average molecular weight is 225 g/mol. The molecule has 1 rings (SSSR count). The number of pyridine rings is 1. The van der Waals surface area contributed by atoms with Crippen molar-refractivity contribution in [3.05, 3.63) is 18.5 Å². The Morgan fingerprint density at radius 2 is 2.20 bits per heavy atom. The van der Waals surface area contributed by atoms with Crippen LogP contribution in [0.5, 0.6) is 0 Å². The molecule has 0 amide bonds. The van der Waals surface area contributed by atoms with Gasteiger partial charge in [-0.25, -0.2) is 0 Å². The van der Waals surface area contributed by atoms with E-state index in [0.29, 0.717) is 5.69 Å². The number of nitrogens with one attached hydrogen (secondary N) is 1. The van der Waals surface area contributed by atoms with E-state index in [0.717, 1.165) is 12.2 Å². The zero-order valence-corrected chi connectivity index (χ0v) is 10.0. The minimum Gasteiger partial charge on any atom is -0.397 e. The predicted octanol–water partition coefficient (Wildman–Crippen LogP) is 2.61. The Balaban J connectivity index is 2.10. The summed E-state index contributed by atoms with van der Waals surface area (Å²) in [5.41, 5.74) is 7.35. The molecular weight excluding hydrogens is 206 g/mol. The molecule has 0 aliphatic rings. The summed E-state index contributed by atoms with van der Waals surface area (Å²) in [4.78, 5) is 4.02. The van der Waals surface area contributed by atoms with E-state index in [1.54, 1.807) is 12.4 Å². The van der Waals surface area contributed by atoms with Gasteiger partial charge in [-0.1, -0.05) is 6.42 Å². The quantitative estimate of drug-likeness (QED) is 0.700. The summed E-state index contributed by atoms with van der Waals surface area (Å²) < 4.78 is 0. The molecule has 0 fully saturated rings. The first kappa shape index (κ1) is 12.2. The third kappa shape index (κ3) is 5.52. The number of anilines is 2. The van der Waals surface area contributed by atoms with Gasteiger partial charge in [-0.3, -0.25) is 4.98 Å². The Hall–Kier alpha value is -0.900. The molecule has 1 aromatic heterocycles. The summed E-state index contributed by atoms with van der Waals surface area (Å²) in [5.74, 6) is 1.26. The number of nitrogens with two attached hydrogens (primary N) is 1. The number of thioether (sulfide) groups is 1. The highest BCUT2D eigenvalue weighted by Crippen LogP contribution is 2.09. The van der Waals surface area contributed by atoms with E-state index in [1.165, 1.54) is 25.0 Å². The Bertz CT molecular complexity index is 278. The summed E-state index contributed by atoms with van der Waals surface area (Å²) in [5, 5.41) is 3.31. The van der Waals surface area contributed by atoms with Gasteiger partial charge >= 0.3 is 0 Å². The standard InChI is InChI=1S/C11H19N3S/c1-15-6-4-2-3-5-14-11-7-10(12)8-13-9-11/h7-9,14H,2-6,12H2,1H3. The molecule has 0 saturated carbocycles. The normalized spacial score (nSPS) is 10.2. The smallest absolute Gasteiger partial charge is 0.0547 e. The maximum atomic E-state index is 5.62. The number of unbranched alkanes of at least 4 members (excludes halogenated alkanes) is 2. The molecule has 0 atom stereocenters. The summed E-state index contributed by atoms with van der Waals surface area (Å²) in [6.45, 7) is 1.000. The minimum atomic E-state index is 0.711. The molecule has 15 heavy (non-hydrogen) atoms. The highest BCUT2D eigenvalue weighted by molar-refractivity contribution is 7.98. The van der Waals surface area contributed by atoms with E-state index in [-0.39, 0.29) is 0 Å². The molecule has 0 aliphatic heterocycles. The Morgan fingerprint density at radius 3 is 2.93 bits per heavy atom. The number of nitrogens with zero attached hydrogens (tertiary/aromatic N) is 1. The lowest BCUT2D eigenvalue weighted by molar-refractivity contribution is 0.749. The molecule has 0 unspecified atom stereocenters. The van der Waals surface area contributed by atoms with Gasteiger partial charge in [0.1, 0.15) is 0 Å². The van der Waals surface area contributed by atoms with Crippen LogP contribution in [0.15, 0.2) is 18.5 Å². The van der Waals surface area contributed by atoms with Crippen LogP contribution in [-0.2, 0) is 0 Å². The molecule has 0 aromatic carbocycles. The van der Waals surface area contributed by atoms with Crippen LogP contribution in [-0.4, -0.2) is 23.5 Å². The number of aromatic nitrogens is 1. The van der Waals surface area contributed by atoms with Crippen molar-refractivity contribution in [1.82, 2.24) is 4.98 Å². The Kier molecular flexibility index (Phi) is 6.00. The van der Waals surface area contributed by atoms with E-state index in [2.05, 4.69) is 16.6 Å². The highest BCUT2D eigenvalue weighted by Gasteiger charge is 1.93. The summed E-state index contributed by atoms with van der Waals surface area (Å²) >= 11 is 1.91. The van der Waals surface area contributed by atoms with Gasteiger partial charge in [-0.15, -0.1) is 0 Å². The van der Waals surface area contributed by atoms with Crippen LogP contribution < -0.4 is 11.1 Å². The molecular formula is C11H19N3S. The summed E-state index contributed by atoms with van der Waals surface area (Å²) in [6, 6.07) is 1.91. The zero-order valence-electron chi connectivity index (χ0n) is 9.20. The molecule has 1 heterocycles. The molecule has 0 bridgehead atoms. The van der Waals surface area contributed by atoms with Gasteiger partial charge in [-0.2, -0.15) is 11.8 Å². The summed E-state index contributed by atoms with van der Waals surface area (Å²) in [6.07, 6.45) is 9.40. The van der Waals surface area contributed by atoms with Crippen LogP contribution in [0.25, 0.3) is 0 Å². The van der Waals surface area contributed by atoms with Crippen LogP contribution in [0.3, 0.4) is 0 Å². The van der Waals surface area contributed by atoms with Gasteiger partial charge in [0.15, 0.2) is 0 Å². The molecule has 3 nitrogen and oxygen atoms in total. The van der Waals surface area contributed by atoms with E-state index < -0.39 is 0 Å². The average Bonchev–Trinajstić information content (AvgIpc) is 2.23. The van der Waals surface area contributed by atoms with Gasteiger partial charge in [0, 0.05) is 12.7 Å². The van der Waals surface area contributed by atoms with E-state index in [1.807, 2.05) is 17.8 Å². The van der Waals surface area contributed by atoms with Crippen molar-refractivity contribution in [2.24, 2.45) is 0 Å². The number of nitrogen functional groups attached to an aromatic ring is 1.